The van der Waals surface area contributed by atoms with Crippen LogP contribution in [0.3, 0.4) is 0 Å². The molecular weight excluding hydrogens is 431 g/mol. The lowest BCUT2D eigenvalue weighted by atomic mass is 10.3. The highest BCUT2D eigenvalue weighted by Gasteiger charge is 2.21. The average molecular weight is 459 g/mol. The summed E-state index contributed by atoms with van der Waals surface area (Å²) in [5.74, 6) is 0.786. The van der Waals surface area contributed by atoms with Gasteiger partial charge in [-0.25, -0.2) is 19.0 Å². The molecule has 1 N–H and O–H groups in total. The van der Waals surface area contributed by atoms with E-state index in [9.17, 15) is 9.18 Å². The molecule has 0 radical (unpaired) electrons. The Labute approximate surface area is 190 Å². The molecule has 0 saturated carbocycles. The van der Waals surface area contributed by atoms with E-state index in [1.807, 2.05) is 10.9 Å². The van der Waals surface area contributed by atoms with Gasteiger partial charge in [0.15, 0.2) is 17.4 Å². The predicted octanol–water partition coefficient (Wildman–Crippen LogP) is 3.26. The monoisotopic (exact) mass is 458 g/mol. The van der Waals surface area contributed by atoms with Gasteiger partial charge in [0.05, 0.1) is 18.1 Å². The van der Waals surface area contributed by atoms with E-state index in [1.165, 1.54) is 24.3 Å². The van der Waals surface area contributed by atoms with Crippen LogP contribution in [0.1, 0.15) is 26.7 Å². The second-order valence-corrected chi connectivity index (χ2v) is 9.43. The Morgan fingerprint density at radius 1 is 1.22 bits per heavy atom. The van der Waals surface area contributed by atoms with Gasteiger partial charge < -0.3 is 15.0 Å². The van der Waals surface area contributed by atoms with E-state index in [0.29, 0.717) is 24.1 Å². The smallest absolute Gasteiger partial charge is 0.258 e. The molecule has 4 rings (SSSR count). The maximum atomic E-state index is 12.9. The van der Waals surface area contributed by atoms with Crippen LogP contribution in [0.25, 0.3) is 11.0 Å². The van der Waals surface area contributed by atoms with E-state index in [4.69, 9.17) is 14.7 Å². The molecule has 0 aliphatic carbocycles. The van der Waals surface area contributed by atoms with Gasteiger partial charge in [0.2, 0.25) is 0 Å². The van der Waals surface area contributed by atoms with Crippen molar-refractivity contribution in [3.05, 3.63) is 36.3 Å². The van der Waals surface area contributed by atoms with Crippen molar-refractivity contribution in [3.63, 3.8) is 0 Å². The zero-order valence-corrected chi connectivity index (χ0v) is 19.1. The molecule has 1 amide bonds. The van der Waals surface area contributed by atoms with Crippen LogP contribution < -0.4 is 15.0 Å². The van der Waals surface area contributed by atoms with Crippen molar-refractivity contribution in [3.8, 4) is 5.75 Å². The molecule has 1 aromatic carbocycles. The number of nitrogens with zero attached hydrogens (tertiary/aromatic N) is 5. The summed E-state index contributed by atoms with van der Waals surface area (Å²) in [4.78, 5) is 24.0. The Kier molecular flexibility index (Phi) is 7.09. The fourth-order valence-electron chi connectivity index (χ4n) is 3.55. The fraction of sp³-hybridized carbons (Fsp3) is 0.455. The molecule has 32 heavy (non-hydrogen) atoms. The number of anilines is 1. The minimum absolute atomic E-state index is 0.137. The number of fused-ring (bicyclic) bond motifs is 1. The lowest BCUT2D eigenvalue weighted by molar-refractivity contribution is -0.123. The SMILES string of the molecule is CC(C)Sc1nc(N2CCCC2)c2cnn(CCNC(=O)COc3ccc(F)cc3)c2n1. The maximum absolute atomic E-state index is 12.9. The van der Waals surface area contributed by atoms with Gasteiger partial charge in [-0.15, -0.1) is 0 Å². The number of thioether (sulfide) groups is 1. The standard InChI is InChI=1S/C22H27FN6O2S/c1-15(2)32-22-26-20(28-10-3-4-11-28)18-13-25-29(21(18)27-22)12-9-24-19(30)14-31-17-7-5-16(23)6-8-17/h5-8,13,15H,3-4,9-12,14H2,1-2H3,(H,24,30). The number of rotatable bonds is 9. The normalized spacial score (nSPS) is 13.8. The van der Waals surface area contributed by atoms with Gasteiger partial charge in [-0.1, -0.05) is 25.6 Å². The van der Waals surface area contributed by atoms with Crippen LogP contribution in [0.5, 0.6) is 5.75 Å². The van der Waals surface area contributed by atoms with Crippen LogP contribution in [-0.2, 0) is 11.3 Å². The van der Waals surface area contributed by atoms with Crippen molar-refractivity contribution >= 4 is 34.5 Å². The average Bonchev–Trinajstić information content (AvgIpc) is 3.43. The number of halogens is 1. The third kappa shape index (κ3) is 5.48. The molecule has 3 aromatic rings. The number of hydrogen-bond acceptors (Lipinski definition) is 7. The Bertz CT molecular complexity index is 1070. The largest absolute Gasteiger partial charge is 0.484 e. The predicted molar refractivity (Wildman–Crippen MR) is 123 cm³/mol. The maximum Gasteiger partial charge on any atom is 0.258 e. The molecule has 1 aliphatic rings. The van der Waals surface area contributed by atoms with Crippen molar-refractivity contribution in [1.82, 2.24) is 25.1 Å². The highest BCUT2D eigenvalue weighted by Crippen LogP contribution is 2.30. The third-order valence-electron chi connectivity index (χ3n) is 5.03. The van der Waals surface area contributed by atoms with E-state index < -0.39 is 0 Å². The Morgan fingerprint density at radius 3 is 2.69 bits per heavy atom. The van der Waals surface area contributed by atoms with Gasteiger partial charge in [-0.05, 0) is 37.1 Å². The lowest BCUT2D eigenvalue weighted by Crippen LogP contribution is -2.31. The molecule has 0 atom stereocenters. The van der Waals surface area contributed by atoms with Gasteiger partial charge in [-0.3, -0.25) is 4.79 Å². The van der Waals surface area contributed by atoms with Crippen LogP contribution in [-0.4, -0.2) is 57.1 Å². The van der Waals surface area contributed by atoms with E-state index >= 15 is 0 Å². The molecule has 10 heteroatoms. The molecule has 1 fully saturated rings. The Morgan fingerprint density at radius 2 is 1.97 bits per heavy atom. The summed E-state index contributed by atoms with van der Waals surface area (Å²) < 4.78 is 20.1. The van der Waals surface area contributed by atoms with Gasteiger partial charge in [-0.2, -0.15) is 5.10 Å². The van der Waals surface area contributed by atoms with E-state index in [1.54, 1.807) is 11.8 Å². The molecule has 0 bridgehead atoms. The van der Waals surface area contributed by atoms with E-state index in [-0.39, 0.29) is 18.3 Å². The molecule has 8 nitrogen and oxygen atoms in total. The summed E-state index contributed by atoms with van der Waals surface area (Å²) in [5, 5.41) is 9.38. The van der Waals surface area contributed by atoms with Crippen molar-refractivity contribution in [2.24, 2.45) is 0 Å². The number of carbonyl (C=O) groups is 1. The van der Waals surface area contributed by atoms with Crippen LogP contribution in [0, 0.1) is 5.82 Å². The van der Waals surface area contributed by atoms with Crippen LogP contribution >= 0.6 is 11.8 Å². The number of carbonyl (C=O) groups excluding carboxylic acids is 1. The first-order valence-corrected chi connectivity index (χ1v) is 11.7. The zero-order valence-electron chi connectivity index (χ0n) is 18.3. The van der Waals surface area contributed by atoms with E-state index in [2.05, 4.69) is 29.2 Å². The summed E-state index contributed by atoms with van der Waals surface area (Å²) in [6, 6.07) is 5.56. The van der Waals surface area contributed by atoms with Crippen molar-refractivity contribution in [2.75, 3.05) is 31.1 Å². The Hall–Kier alpha value is -2.88. The summed E-state index contributed by atoms with van der Waals surface area (Å²) in [6.45, 7) is 6.96. The zero-order chi connectivity index (χ0) is 22.5. The van der Waals surface area contributed by atoms with Gasteiger partial charge in [0.25, 0.3) is 5.91 Å². The number of ether oxygens (including phenoxy) is 1. The lowest BCUT2D eigenvalue weighted by Gasteiger charge is -2.18. The van der Waals surface area contributed by atoms with Crippen LogP contribution in [0.2, 0.25) is 0 Å². The number of nitrogens with one attached hydrogen (secondary N) is 1. The molecule has 0 spiro atoms. The summed E-state index contributed by atoms with van der Waals surface area (Å²) in [5.41, 5.74) is 0.780. The van der Waals surface area contributed by atoms with Gasteiger partial charge in [0, 0.05) is 24.9 Å². The second-order valence-electron chi connectivity index (χ2n) is 7.89. The van der Waals surface area contributed by atoms with E-state index in [0.717, 1.165) is 47.9 Å². The first-order chi connectivity index (χ1) is 15.5. The molecule has 3 heterocycles. The molecule has 1 aliphatic heterocycles. The Balaban J connectivity index is 1.40. The summed E-state index contributed by atoms with van der Waals surface area (Å²) >= 11 is 1.63. The number of aromatic nitrogens is 4. The first-order valence-electron chi connectivity index (χ1n) is 10.8. The van der Waals surface area contributed by atoms with Crippen LogP contribution in [0.15, 0.2) is 35.6 Å². The molecule has 1 saturated heterocycles. The van der Waals surface area contributed by atoms with Gasteiger partial charge >= 0.3 is 0 Å². The molecule has 170 valence electrons. The van der Waals surface area contributed by atoms with Crippen molar-refractivity contribution in [2.45, 2.75) is 43.6 Å². The first kappa shape index (κ1) is 22.3. The van der Waals surface area contributed by atoms with Gasteiger partial charge in [0.1, 0.15) is 17.4 Å². The summed E-state index contributed by atoms with van der Waals surface area (Å²) in [6.07, 6.45) is 4.14. The topological polar surface area (TPSA) is 85.2 Å². The molecular formula is C22H27FN6O2S. The molecule has 2 aromatic heterocycles. The highest BCUT2D eigenvalue weighted by molar-refractivity contribution is 7.99. The minimum atomic E-state index is -0.347. The summed E-state index contributed by atoms with van der Waals surface area (Å²) in [7, 11) is 0. The molecule has 0 unspecified atom stereocenters. The minimum Gasteiger partial charge on any atom is -0.484 e. The second kappa shape index (κ2) is 10.2. The van der Waals surface area contributed by atoms with Crippen molar-refractivity contribution < 1.29 is 13.9 Å². The highest BCUT2D eigenvalue weighted by atomic mass is 32.2. The fourth-order valence-corrected chi connectivity index (χ4v) is 4.25. The quantitative estimate of drug-likeness (QED) is 0.389. The number of hydrogen-bond donors (Lipinski definition) is 1. The van der Waals surface area contributed by atoms with Crippen LogP contribution in [0.4, 0.5) is 10.2 Å². The van der Waals surface area contributed by atoms with Crippen molar-refractivity contribution in [1.29, 1.82) is 0 Å². The number of amides is 1. The third-order valence-corrected chi connectivity index (χ3v) is 5.90. The number of benzene rings is 1.